The molecule has 0 aliphatic carbocycles. The summed E-state index contributed by atoms with van der Waals surface area (Å²) < 4.78 is 27.0. The molecule has 0 saturated carbocycles. The van der Waals surface area contributed by atoms with Gasteiger partial charge < -0.3 is 5.32 Å². The zero-order valence-electron chi connectivity index (χ0n) is 15.5. The molecule has 4 rings (SSSR count). The number of nitrogens with zero attached hydrogens (tertiary/aromatic N) is 1. The van der Waals surface area contributed by atoms with Crippen LogP contribution in [-0.4, -0.2) is 5.71 Å². The molecule has 3 aromatic carbocycles. The maximum atomic E-state index is 13.5. The first-order chi connectivity index (χ1) is 13.6. The van der Waals surface area contributed by atoms with Crippen LogP contribution < -0.4 is 5.32 Å². The second-order valence-electron chi connectivity index (χ2n) is 6.89. The number of nitrogens with one attached hydrogen (secondary N) is 1. The van der Waals surface area contributed by atoms with E-state index in [0.29, 0.717) is 12.1 Å². The predicted octanol–water partition coefficient (Wildman–Crippen LogP) is 6.15. The third kappa shape index (κ3) is 4.01. The lowest BCUT2D eigenvalue weighted by atomic mass is 10.0. The van der Waals surface area contributed by atoms with Gasteiger partial charge in [0, 0.05) is 23.4 Å². The van der Waals surface area contributed by atoms with Crippen molar-refractivity contribution < 1.29 is 8.78 Å². The highest BCUT2D eigenvalue weighted by molar-refractivity contribution is 6.13. The molecule has 4 heteroatoms. The van der Waals surface area contributed by atoms with E-state index >= 15 is 0 Å². The summed E-state index contributed by atoms with van der Waals surface area (Å²) in [6.45, 7) is 2.54. The Kier molecular flexibility index (Phi) is 5.02. The van der Waals surface area contributed by atoms with Gasteiger partial charge in [0.1, 0.15) is 11.6 Å². The van der Waals surface area contributed by atoms with Gasteiger partial charge in [-0.1, -0.05) is 42.5 Å². The lowest BCUT2D eigenvalue weighted by molar-refractivity contribution is 0.577. The maximum Gasteiger partial charge on any atom is 0.126 e. The second-order valence-corrected chi connectivity index (χ2v) is 6.89. The molecule has 1 heterocycles. The van der Waals surface area contributed by atoms with E-state index in [1.807, 2.05) is 67.6 Å². The number of rotatable bonds is 5. The van der Waals surface area contributed by atoms with Crippen LogP contribution in [-0.2, 0) is 6.54 Å². The molecule has 1 aliphatic heterocycles. The Morgan fingerprint density at radius 2 is 1.68 bits per heavy atom. The van der Waals surface area contributed by atoms with Crippen molar-refractivity contribution in [1.29, 1.82) is 0 Å². The first-order valence-corrected chi connectivity index (χ1v) is 9.22. The van der Waals surface area contributed by atoms with Crippen LogP contribution in [0, 0.1) is 11.6 Å². The molecule has 1 atom stereocenters. The molecule has 0 radical (unpaired) electrons. The summed E-state index contributed by atoms with van der Waals surface area (Å²) >= 11 is 0. The molecular formula is C24H20F2N2. The molecule has 1 N–H and O–H groups in total. The molecule has 0 aromatic heterocycles. The van der Waals surface area contributed by atoms with E-state index in [0.717, 1.165) is 28.6 Å². The highest BCUT2D eigenvalue weighted by Gasteiger charge is 2.15. The Balaban J connectivity index is 1.54. The van der Waals surface area contributed by atoms with Gasteiger partial charge in [0.15, 0.2) is 0 Å². The summed E-state index contributed by atoms with van der Waals surface area (Å²) in [4.78, 5) is 4.62. The third-order valence-electron chi connectivity index (χ3n) is 4.81. The molecule has 28 heavy (non-hydrogen) atoms. The van der Waals surface area contributed by atoms with Crippen LogP contribution in [0.2, 0.25) is 0 Å². The third-order valence-corrected chi connectivity index (χ3v) is 4.81. The Bertz CT molecular complexity index is 1040. The Labute approximate surface area is 163 Å². The van der Waals surface area contributed by atoms with Gasteiger partial charge in [0.2, 0.25) is 0 Å². The molecule has 0 amide bonds. The first kappa shape index (κ1) is 18.1. The standard InChI is InChI=1S/C24H20F2N2/c1-16(19-11-20(25)13-21(26)12-19)28-22-9-8-18-15-27-24(23(18)14-22)10-7-17-5-3-2-4-6-17/h2-14,16,28H,15H2,1H3/b10-7+/t16-/m1/s1. The van der Waals surface area contributed by atoms with Crippen molar-refractivity contribution >= 4 is 17.5 Å². The summed E-state index contributed by atoms with van der Waals surface area (Å²) in [5, 5.41) is 3.32. The lowest BCUT2D eigenvalue weighted by Crippen LogP contribution is -2.08. The highest BCUT2D eigenvalue weighted by Crippen LogP contribution is 2.27. The number of aliphatic imine (C=N–C) groups is 1. The van der Waals surface area contributed by atoms with Gasteiger partial charge in [-0.05, 0) is 54.0 Å². The van der Waals surface area contributed by atoms with E-state index in [1.54, 1.807) is 0 Å². The average molecular weight is 374 g/mol. The maximum absolute atomic E-state index is 13.5. The van der Waals surface area contributed by atoms with Crippen molar-refractivity contribution in [3.63, 3.8) is 0 Å². The fourth-order valence-electron chi connectivity index (χ4n) is 3.34. The monoisotopic (exact) mass is 374 g/mol. The van der Waals surface area contributed by atoms with Gasteiger partial charge in [-0.25, -0.2) is 8.78 Å². The van der Waals surface area contributed by atoms with Crippen molar-refractivity contribution in [1.82, 2.24) is 0 Å². The minimum Gasteiger partial charge on any atom is -0.378 e. The number of hydrogen-bond acceptors (Lipinski definition) is 2. The average Bonchev–Trinajstić information content (AvgIpc) is 3.09. The molecule has 3 aromatic rings. The van der Waals surface area contributed by atoms with Crippen LogP contribution in [0.5, 0.6) is 0 Å². The van der Waals surface area contributed by atoms with E-state index in [2.05, 4.69) is 10.3 Å². The predicted molar refractivity (Wildman–Crippen MR) is 111 cm³/mol. The molecule has 2 nitrogen and oxygen atoms in total. The normalized spacial score (nSPS) is 14.0. The van der Waals surface area contributed by atoms with Gasteiger partial charge in [-0.15, -0.1) is 0 Å². The molecule has 0 saturated heterocycles. The molecule has 140 valence electrons. The van der Waals surface area contributed by atoms with Crippen LogP contribution in [0.3, 0.4) is 0 Å². The summed E-state index contributed by atoms with van der Waals surface area (Å²) in [5.41, 5.74) is 5.76. The fourth-order valence-corrected chi connectivity index (χ4v) is 3.34. The van der Waals surface area contributed by atoms with Crippen molar-refractivity contribution in [2.75, 3.05) is 5.32 Å². The van der Waals surface area contributed by atoms with E-state index in [1.165, 1.54) is 17.7 Å². The number of fused-ring (bicyclic) bond motifs is 1. The summed E-state index contributed by atoms with van der Waals surface area (Å²) in [5.74, 6) is -1.14. The van der Waals surface area contributed by atoms with E-state index in [9.17, 15) is 8.78 Å². The van der Waals surface area contributed by atoms with Gasteiger partial charge >= 0.3 is 0 Å². The summed E-state index contributed by atoms with van der Waals surface area (Å²) in [7, 11) is 0. The van der Waals surface area contributed by atoms with Crippen LogP contribution in [0.4, 0.5) is 14.5 Å². The summed E-state index contributed by atoms with van der Waals surface area (Å²) in [6.07, 6.45) is 4.07. The van der Waals surface area contributed by atoms with Crippen molar-refractivity contribution in [2.24, 2.45) is 4.99 Å². The Hall–Kier alpha value is -3.27. The first-order valence-electron chi connectivity index (χ1n) is 9.22. The Morgan fingerprint density at radius 3 is 2.43 bits per heavy atom. The van der Waals surface area contributed by atoms with Gasteiger partial charge in [-0.2, -0.15) is 0 Å². The molecule has 0 unspecified atom stereocenters. The quantitative estimate of drug-likeness (QED) is 0.569. The van der Waals surface area contributed by atoms with E-state index in [4.69, 9.17) is 0 Å². The second kappa shape index (κ2) is 7.77. The van der Waals surface area contributed by atoms with E-state index < -0.39 is 11.6 Å². The van der Waals surface area contributed by atoms with Crippen molar-refractivity contribution in [3.8, 4) is 0 Å². The lowest BCUT2D eigenvalue weighted by Gasteiger charge is -2.17. The zero-order valence-corrected chi connectivity index (χ0v) is 15.5. The van der Waals surface area contributed by atoms with Crippen molar-refractivity contribution in [2.45, 2.75) is 19.5 Å². The molecule has 0 fully saturated rings. The molecule has 1 aliphatic rings. The summed E-state index contributed by atoms with van der Waals surface area (Å²) in [6, 6.07) is 19.5. The smallest absolute Gasteiger partial charge is 0.126 e. The fraction of sp³-hybridized carbons (Fsp3) is 0.125. The van der Waals surface area contributed by atoms with Crippen LogP contribution in [0.15, 0.2) is 77.8 Å². The number of allylic oxidation sites excluding steroid dienone is 1. The number of hydrogen-bond donors (Lipinski definition) is 1. The van der Waals surface area contributed by atoms with Crippen molar-refractivity contribution in [3.05, 3.63) is 107 Å². The Morgan fingerprint density at radius 1 is 0.929 bits per heavy atom. The highest BCUT2D eigenvalue weighted by atomic mass is 19.1. The molecular weight excluding hydrogens is 354 g/mol. The van der Waals surface area contributed by atoms with Gasteiger partial charge in [-0.3, -0.25) is 4.99 Å². The molecule has 0 bridgehead atoms. The largest absolute Gasteiger partial charge is 0.378 e. The van der Waals surface area contributed by atoms with Crippen LogP contribution in [0.1, 0.15) is 35.2 Å². The number of halogens is 2. The van der Waals surface area contributed by atoms with E-state index in [-0.39, 0.29) is 6.04 Å². The van der Waals surface area contributed by atoms with Crippen LogP contribution >= 0.6 is 0 Å². The zero-order chi connectivity index (χ0) is 19.5. The van der Waals surface area contributed by atoms with Crippen LogP contribution in [0.25, 0.3) is 6.08 Å². The number of benzene rings is 3. The number of anilines is 1. The minimum absolute atomic E-state index is 0.232. The van der Waals surface area contributed by atoms with Gasteiger partial charge in [0.25, 0.3) is 0 Å². The minimum atomic E-state index is -0.571. The SMILES string of the molecule is C[C@@H](Nc1ccc2c(c1)C(/C=C/c1ccccc1)=NC2)c1cc(F)cc(F)c1. The van der Waals surface area contributed by atoms with Gasteiger partial charge in [0.05, 0.1) is 12.3 Å². The molecule has 0 spiro atoms. The topological polar surface area (TPSA) is 24.4 Å².